The van der Waals surface area contributed by atoms with Gasteiger partial charge in [-0.3, -0.25) is 9.59 Å². The number of hydrogen-bond acceptors (Lipinski definition) is 3. The molecule has 2 N–H and O–H groups in total. The van der Waals surface area contributed by atoms with Gasteiger partial charge in [-0.05, 0) is 43.3 Å². The molecule has 1 atom stereocenters. The third-order valence-electron chi connectivity index (χ3n) is 3.55. The number of amides is 2. The highest BCUT2D eigenvalue weighted by atomic mass is 35.5. The van der Waals surface area contributed by atoms with Crippen LogP contribution in [0.2, 0.25) is 15.1 Å². The van der Waals surface area contributed by atoms with E-state index >= 15 is 0 Å². The summed E-state index contributed by atoms with van der Waals surface area (Å²) in [6.45, 7) is 1.37. The minimum atomic E-state index is -1.76. The van der Waals surface area contributed by atoms with Crippen molar-refractivity contribution in [3.05, 3.63) is 51.5 Å². The number of fused-ring (bicyclic) bond motifs is 1. The van der Waals surface area contributed by atoms with Crippen molar-refractivity contribution in [2.45, 2.75) is 12.5 Å². The van der Waals surface area contributed by atoms with Crippen LogP contribution in [-0.2, 0) is 9.59 Å². The molecule has 5 nitrogen and oxygen atoms in total. The van der Waals surface area contributed by atoms with Crippen molar-refractivity contribution in [2.75, 3.05) is 10.6 Å². The Balaban J connectivity index is 1.88. The first-order valence-corrected chi connectivity index (χ1v) is 7.99. The average Bonchev–Trinajstić information content (AvgIpc) is 2.51. The minimum absolute atomic E-state index is 0.253. The van der Waals surface area contributed by atoms with Gasteiger partial charge in [0.2, 0.25) is 0 Å². The quantitative estimate of drug-likeness (QED) is 0.754. The maximum atomic E-state index is 12.6. The topological polar surface area (TPSA) is 67.4 Å². The molecule has 0 saturated heterocycles. The average molecular weight is 386 g/mol. The van der Waals surface area contributed by atoms with E-state index in [0.29, 0.717) is 27.2 Å². The van der Waals surface area contributed by atoms with E-state index in [1.807, 2.05) is 0 Å². The van der Waals surface area contributed by atoms with Crippen LogP contribution in [-0.4, -0.2) is 17.4 Å². The van der Waals surface area contributed by atoms with E-state index in [1.54, 1.807) is 30.3 Å². The molecule has 0 fully saturated rings. The SMILES string of the molecule is CC1(C(=O)Nc2ccc(Cl)cc2Cl)Oc2ccc(Cl)cc2NC1=O. The molecular weight excluding hydrogens is 375 g/mol. The lowest BCUT2D eigenvalue weighted by Crippen LogP contribution is -2.56. The van der Waals surface area contributed by atoms with Crippen LogP contribution in [0.25, 0.3) is 0 Å². The van der Waals surface area contributed by atoms with Crippen molar-refractivity contribution < 1.29 is 14.3 Å². The van der Waals surface area contributed by atoms with E-state index in [9.17, 15) is 9.59 Å². The van der Waals surface area contributed by atoms with Gasteiger partial charge in [-0.2, -0.15) is 0 Å². The van der Waals surface area contributed by atoms with Crippen LogP contribution >= 0.6 is 34.8 Å². The molecule has 0 radical (unpaired) electrons. The maximum absolute atomic E-state index is 12.6. The molecule has 124 valence electrons. The summed E-state index contributed by atoms with van der Waals surface area (Å²) in [6.07, 6.45) is 0. The van der Waals surface area contributed by atoms with E-state index in [4.69, 9.17) is 39.5 Å². The van der Waals surface area contributed by atoms with Gasteiger partial charge in [-0.1, -0.05) is 34.8 Å². The highest BCUT2D eigenvalue weighted by molar-refractivity contribution is 6.37. The third-order valence-corrected chi connectivity index (χ3v) is 4.33. The molecule has 24 heavy (non-hydrogen) atoms. The maximum Gasteiger partial charge on any atom is 0.278 e. The second kappa shape index (κ2) is 6.16. The van der Waals surface area contributed by atoms with Gasteiger partial charge in [0.05, 0.1) is 16.4 Å². The number of nitrogens with one attached hydrogen (secondary N) is 2. The monoisotopic (exact) mass is 384 g/mol. The Morgan fingerprint density at radius 1 is 1.12 bits per heavy atom. The summed E-state index contributed by atoms with van der Waals surface area (Å²) in [6, 6.07) is 9.33. The van der Waals surface area contributed by atoms with Crippen LogP contribution in [0.15, 0.2) is 36.4 Å². The first kappa shape index (κ1) is 16.9. The molecular formula is C16H11Cl3N2O3. The molecule has 1 heterocycles. The molecule has 8 heteroatoms. The summed E-state index contributed by atoms with van der Waals surface area (Å²) < 4.78 is 5.63. The second-order valence-electron chi connectivity index (χ2n) is 5.31. The van der Waals surface area contributed by atoms with Gasteiger partial charge in [-0.25, -0.2) is 0 Å². The van der Waals surface area contributed by atoms with Crippen LogP contribution in [0, 0.1) is 0 Å². The van der Waals surface area contributed by atoms with Crippen molar-refractivity contribution in [1.82, 2.24) is 0 Å². The summed E-state index contributed by atoms with van der Waals surface area (Å²) in [5, 5.41) is 6.33. The summed E-state index contributed by atoms with van der Waals surface area (Å²) in [5.74, 6) is -0.927. The second-order valence-corrected chi connectivity index (χ2v) is 6.59. The number of ether oxygens (including phenoxy) is 1. The molecule has 0 saturated carbocycles. The van der Waals surface area contributed by atoms with Crippen molar-refractivity contribution in [2.24, 2.45) is 0 Å². The number of carbonyl (C=O) groups is 2. The van der Waals surface area contributed by atoms with Crippen molar-refractivity contribution in [3.8, 4) is 5.75 Å². The summed E-state index contributed by atoms with van der Waals surface area (Å²) >= 11 is 17.7. The minimum Gasteiger partial charge on any atom is -0.466 e. The van der Waals surface area contributed by atoms with Crippen molar-refractivity contribution >= 4 is 58.0 Å². The Labute approximate surface area is 152 Å². The Hall–Kier alpha value is -1.95. The molecule has 2 aromatic carbocycles. The third kappa shape index (κ3) is 3.02. The zero-order valence-corrected chi connectivity index (χ0v) is 14.6. The Kier molecular flexibility index (Phi) is 4.34. The van der Waals surface area contributed by atoms with Crippen LogP contribution in [0.1, 0.15) is 6.92 Å². The molecule has 0 aliphatic carbocycles. The zero-order chi connectivity index (χ0) is 17.5. The summed E-state index contributed by atoms with van der Waals surface area (Å²) in [4.78, 5) is 25.0. The molecule has 1 aliphatic rings. The van der Waals surface area contributed by atoms with Crippen molar-refractivity contribution in [3.63, 3.8) is 0 Å². The molecule has 2 amide bonds. The van der Waals surface area contributed by atoms with Crippen LogP contribution in [0.4, 0.5) is 11.4 Å². The Morgan fingerprint density at radius 2 is 1.79 bits per heavy atom. The van der Waals surface area contributed by atoms with E-state index in [0.717, 1.165) is 0 Å². The van der Waals surface area contributed by atoms with Crippen molar-refractivity contribution in [1.29, 1.82) is 0 Å². The fourth-order valence-corrected chi connectivity index (χ4v) is 2.81. The van der Waals surface area contributed by atoms with Gasteiger partial charge in [-0.15, -0.1) is 0 Å². The zero-order valence-electron chi connectivity index (χ0n) is 12.3. The largest absolute Gasteiger partial charge is 0.466 e. The number of anilines is 2. The predicted molar refractivity (Wildman–Crippen MR) is 94.2 cm³/mol. The summed E-state index contributed by atoms with van der Waals surface area (Å²) in [7, 11) is 0. The first-order valence-electron chi connectivity index (χ1n) is 6.86. The molecule has 2 aromatic rings. The van der Waals surface area contributed by atoms with E-state index in [-0.39, 0.29) is 5.02 Å². The van der Waals surface area contributed by atoms with E-state index < -0.39 is 17.4 Å². The standard InChI is InChI=1S/C16H11Cl3N2O3/c1-16(14(22)20-11-4-2-8(17)6-10(11)19)15(23)21-12-7-9(18)3-5-13(12)24-16/h2-7H,1H3,(H,20,22)(H,21,23). The number of halogens is 3. The molecule has 3 rings (SSSR count). The lowest BCUT2D eigenvalue weighted by Gasteiger charge is -2.33. The van der Waals surface area contributed by atoms with Gasteiger partial charge in [0.15, 0.2) is 0 Å². The van der Waals surface area contributed by atoms with E-state index in [2.05, 4.69) is 10.6 Å². The number of hydrogen-bond donors (Lipinski definition) is 2. The predicted octanol–water partition coefficient (Wildman–Crippen LogP) is 4.38. The van der Waals surface area contributed by atoms with Crippen LogP contribution in [0.5, 0.6) is 5.75 Å². The Morgan fingerprint density at radius 3 is 2.50 bits per heavy atom. The molecule has 0 spiro atoms. The molecule has 1 unspecified atom stereocenters. The Bertz CT molecular complexity index is 856. The fourth-order valence-electron chi connectivity index (χ4n) is 2.18. The molecule has 1 aliphatic heterocycles. The lowest BCUT2D eigenvalue weighted by molar-refractivity contribution is -0.143. The smallest absolute Gasteiger partial charge is 0.278 e. The first-order chi connectivity index (χ1) is 11.3. The van der Waals surface area contributed by atoms with Crippen LogP contribution < -0.4 is 15.4 Å². The number of carbonyl (C=O) groups excluding carboxylic acids is 2. The van der Waals surface area contributed by atoms with Gasteiger partial charge < -0.3 is 15.4 Å². The lowest BCUT2D eigenvalue weighted by atomic mass is 10.0. The highest BCUT2D eigenvalue weighted by Gasteiger charge is 2.47. The van der Waals surface area contributed by atoms with Gasteiger partial charge >= 0.3 is 0 Å². The van der Waals surface area contributed by atoms with E-state index in [1.165, 1.54) is 13.0 Å². The van der Waals surface area contributed by atoms with Gasteiger partial charge in [0.1, 0.15) is 5.75 Å². The normalized spacial score (nSPS) is 19.1. The fraction of sp³-hybridized carbons (Fsp3) is 0.125. The van der Waals surface area contributed by atoms with Gasteiger partial charge in [0, 0.05) is 10.0 Å². The molecule has 0 aromatic heterocycles. The highest BCUT2D eigenvalue weighted by Crippen LogP contribution is 2.36. The summed E-state index contributed by atoms with van der Waals surface area (Å²) in [5.41, 5.74) is -1.03. The van der Waals surface area contributed by atoms with Gasteiger partial charge in [0.25, 0.3) is 17.4 Å². The van der Waals surface area contributed by atoms with Crippen LogP contribution in [0.3, 0.4) is 0 Å². The number of benzene rings is 2. The molecule has 0 bridgehead atoms. The number of rotatable bonds is 2.